The molecule has 1 aliphatic heterocycles. The minimum absolute atomic E-state index is 0.401. The van der Waals surface area contributed by atoms with Crippen molar-refractivity contribution in [2.75, 3.05) is 13.1 Å². The summed E-state index contributed by atoms with van der Waals surface area (Å²) in [4.78, 5) is 18.3. The number of nitrogens with zero attached hydrogens (tertiary/aromatic N) is 3. The molecule has 0 bridgehead atoms. The number of likely N-dealkylation sites (tertiary alicyclic amines) is 1. The monoisotopic (exact) mass is 257 g/mol. The number of pyridine rings is 1. The van der Waals surface area contributed by atoms with Gasteiger partial charge in [-0.15, -0.1) is 0 Å². The molecule has 100 valence electrons. The van der Waals surface area contributed by atoms with Crippen LogP contribution in [0.4, 0.5) is 0 Å². The number of aromatic nitrogens is 2. The average molecular weight is 257 g/mol. The van der Waals surface area contributed by atoms with E-state index in [0.29, 0.717) is 11.7 Å². The lowest BCUT2D eigenvalue weighted by molar-refractivity contribution is 0.111. The molecule has 3 rings (SSSR count). The molecule has 3 heterocycles. The number of hydrogen-bond acceptors (Lipinski definition) is 3. The fourth-order valence-electron chi connectivity index (χ4n) is 3.01. The van der Waals surface area contributed by atoms with E-state index in [-0.39, 0.29) is 0 Å². The second-order valence-corrected chi connectivity index (χ2v) is 5.10. The van der Waals surface area contributed by atoms with E-state index in [1.807, 2.05) is 28.8 Å². The molecule has 4 nitrogen and oxygen atoms in total. The maximum absolute atomic E-state index is 11.1. The number of rotatable bonds is 3. The topological polar surface area (TPSA) is 37.6 Å². The highest BCUT2D eigenvalue weighted by molar-refractivity contribution is 5.73. The maximum Gasteiger partial charge on any atom is 0.166 e. The Labute approximate surface area is 113 Å². The second-order valence-electron chi connectivity index (χ2n) is 5.10. The van der Waals surface area contributed by atoms with Crippen LogP contribution in [0.25, 0.3) is 5.65 Å². The van der Waals surface area contributed by atoms with Crippen molar-refractivity contribution < 1.29 is 4.79 Å². The Morgan fingerprint density at radius 3 is 3.11 bits per heavy atom. The average Bonchev–Trinajstić information content (AvgIpc) is 2.90. The minimum atomic E-state index is 0.401. The predicted molar refractivity (Wildman–Crippen MR) is 74.4 cm³/mol. The number of piperidine rings is 1. The highest BCUT2D eigenvalue weighted by Gasteiger charge is 2.24. The van der Waals surface area contributed by atoms with Crippen molar-refractivity contribution in [3.63, 3.8) is 0 Å². The van der Waals surface area contributed by atoms with Gasteiger partial charge >= 0.3 is 0 Å². The lowest BCUT2D eigenvalue weighted by Gasteiger charge is -2.33. The first-order chi connectivity index (χ1) is 9.33. The van der Waals surface area contributed by atoms with Gasteiger partial charge in [-0.2, -0.15) is 0 Å². The van der Waals surface area contributed by atoms with Crippen LogP contribution in [0.2, 0.25) is 0 Å². The van der Waals surface area contributed by atoms with Crippen LogP contribution in [0.5, 0.6) is 0 Å². The molecular weight excluding hydrogens is 238 g/mol. The maximum atomic E-state index is 11.1. The van der Waals surface area contributed by atoms with Crippen LogP contribution in [-0.2, 0) is 0 Å². The van der Waals surface area contributed by atoms with Gasteiger partial charge in [0.15, 0.2) is 6.29 Å². The van der Waals surface area contributed by atoms with E-state index in [0.717, 1.165) is 37.1 Å². The van der Waals surface area contributed by atoms with Gasteiger partial charge in [-0.1, -0.05) is 19.4 Å². The van der Waals surface area contributed by atoms with E-state index in [1.54, 1.807) is 0 Å². The molecule has 19 heavy (non-hydrogen) atoms. The first-order valence-corrected chi connectivity index (χ1v) is 7.00. The Kier molecular flexibility index (Phi) is 3.34. The fraction of sp³-hybridized carbons (Fsp3) is 0.467. The summed E-state index contributed by atoms with van der Waals surface area (Å²) in [7, 11) is 0. The first kappa shape index (κ1) is 12.4. The normalized spacial score (nSPS) is 20.8. The van der Waals surface area contributed by atoms with E-state index in [2.05, 4.69) is 11.8 Å². The van der Waals surface area contributed by atoms with Crippen LogP contribution >= 0.6 is 0 Å². The standard InChI is InChI=1S/C15H19N3O/c1-2-17-9-4-3-7-14(17)13-10-18-12(11-19)6-5-8-15(18)16-13/h5-6,8,10-11,14H,2-4,7,9H2,1H3. The third-order valence-corrected chi connectivity index (χ3v) is 4.02. The smallest absolute Gasteiger partial charge is 0.166 e. The number of hydrogen-bond donors (Lipinski definition) is 0. The summed E-state index contributed by atoms with van der Waals surface area (Å²) in [5, 5.41) is 0. The molecule has 0 amide bonds. The van der Waals surface area contributed by atoms with Crippen LogP contribution in [0.3, 0.4) is 0 Å². The molecule has 1 fully saturated rings. The van der Waals surface area contributed by atoms with Crippen molar-refractivity contribution in [3.8, 4) is 0 Å². The zero-order valence-corrected chi connectivity index (χ0v) is 11.2. The molecule has 1 atom stereocenters. The van der Waals surface area contributed by atoms with Crippen molar-refractivity contribution in [1.82, 2.24) is 14.3 Å². The summed E-state index contributed by atoms with van der Waals surface area (Å²) >= 11 is 0. The number of aldehydes is 1. The Morgan fingerprint density at radius 1 is 1.42 bits per heavy atom. The third kappa shape index (κ3) is 2.16. The van der Waals surface area contributed by atoms with Crippen molar-refractivity contribution >= 4 is 11.9 Å². The molecule has 0 N–H and O–H groups in total. The summed E-state index contributed by atoms with van der Waals surface area (Å²) < 4.78 is 1.89. The Balaban J connectivity index is 2.02. The number of carbonyl (C=O) groups is 1. The number of imidazole rings is 1. The summed E-state index contributed by atoms with van der Waals surface area (Å²) in [5.41, 5.74) is 2.62. The fourth-order valence-corrected chi connectivity index (χ4v) is 3.01. The molecule has 0 aliphatic carbocycles. The van der Waals surface area contributed by atoms with Crippen LogP contribution in [0.1, 0.15) is 48.4 Å². The van der Waals surface area contributed by atoms with Gasteiger partial charge in [0, 0.05) is 6.20 Å². The summed E-state index contributed by atoms with van der Waals surface area (Å²) in [6.07, 6.45) is 6.61. The lowest BCUT2D eigenvalue weighted by Crippen LogP contribution is -2.33. The van der Waals surface area contributed by atoms with E-state index in [1.165, 1.54) is 12.8 Å². The number of carbonyl (C=O) groups excluding carboxylic acids is 1. The molecule has 2 aromatic rings. The Hall–Kier alpha value is -1.68. The van der Waals surface area contributed by atoms with Gasteiger partial charge in [0.25, 0.3) is 0 Å². The zero-order chi connectivity index (χ0) is 13.2. The molecule has 4 heteroatoms. The van der Waals surface area contributed by atoms with Gasteiger partial charge < -0.3 is 0 Å². The Morgan fingerprint density at radius 2 is 2.32 bits per heavy atom. The van der Waals surface area contributed by atoms with Gasteiger partial charge in [0.1, 0.15) is 5.65 Å². The van der Waals surface area contributed by atoms with E-state index in [4.69, 9.17) is 4.98 Å². The summed E-state index contributed by atoms with van der Waals surface area (Å²) in [6, 6.07) is 6.06. The predicted octanol–water partition coefficient (Wildman–Crippen LogP) is 2.69. The zero-order valence-electron chi connectivity index (χ0n) is 11.2. The van der Waals surface area contributed by atoms with E-state index >= 15 is 0 Å². The molecular formula is C15H19N3O. The molecule has 0 radical (unpaired) electrons. The van der Waals surface area contributed by atoms with Gasteiger partial charge in [-0.25, -0.2) is 4.98 Å². The molecule has 0 spiro atoms. The quantitative estimate of drug-likeness (QED) is 0.793. The molecule has 1 aliphatic rings. The lowest BCUT2D eigenvalue weighted by atomic mass is 10.00. The SMILES string of the molecule is CCN1CCCCC1c1cn2c(C=O)cccc2n1. The third-order valence-electron chi connectivity index (χ3n) is 4.02. The molecule has 1 unspecified atom stereocenters. The van der Waals surface area contributed by atoms with Crippen LogP contribution < -0.4 is 0 Å². The molecule has 2 aromatic heterocycles. The molecule has 0 aromatic carbocycles. The summed E-state index contributed by atoms with van der Waals surface area (Å²) in [5.74, 6) is 0. The van der Waals surface area contributed by atoms with Gasteiger partial charge in [0.05, 0.1) is 17.4 Å². The molecule has 0 saturated carbocycles. The van der Waals surface area contributed by atoms with Crippen molar-refractivity contribution in [1.29, 1.82) is 0 Å². The van der Waals surface area contributed by atoms with Crippen LogP contribution in [0.15, 0.2) is 24.4 Å². The molecule has 1 saturated heterocycles. The van der Waals surface area contributed by atoms with Gasteiger partial charge in [-0.3, -0.25) is 14.1 Å². The minimum Gasteiger partial charge on any atom is -0.297 e. The second kappa shape index (κ2) is 5.13. The van der Waals surface area contributed by atoms with E-state index in [9.17, 15) is 4.79 Å². The first-order valence-electron chi connectivity index (χ1n) is 7.00. The van der Waals surface area contributed by atoms with Crippen LogP contribution in [-0.4, -0.2) is 33.7 Å². The summed E-state index contributed by atoms with van der Waals surface area (Å²) in [6.45, 7) is 4.40. The van der Waals surface area contributed by atoms with Crippen molar-refractivity contribution in [3.05, 3.63) is 35.8 Å². The van der Waals surface area contributed by atoms with Gasteiger partial charge in [-0.05, 0) is 38.1 Å². The number of fused-ring (bicyclic) bond motifs is 1. The van der Waals surface area contributed by atoms with Crippen LogP contribution in [0, 0.1) is 0 Å². The van der Waals surface area contributed by atoms with Gasteiger partial charge in [0.2, 0.25) is 0 Å². The van der Waals surface area contributed by atoms with Crippen molar-refractivity contribution in [2.45, 2.75) is 32.2 Å². The largest absolute Gasteiger partial charge is 0.297 e. The highest BCUT2D eigenvalue weighted by atomic mass is 16.1. The van der Waals surface area contributed by atoms with E-state index < -0.39 is 0 Å². The Bertz CT molecular complexity index is 590. The van der Waals surface area contributed by atoms with Crippen molar-refractivity contribution in [2.24, 2.45) is 0 Å². The highest BCUT2D eigenvalue weighted by Crippen LogP contribution is 2.30.